The predicted octanol–water partition coefficient (Wildman–Crippen LogP) is 4.23. The van der Waals surface area contributed by atoms with Gasteiger partial charge < -0.3 is 14.8 Å². The van der Waals surface area contributed by atoms with Crippen LogP contribution in [-0.2, 0) is 17.9 Å². The van der Waals surface area contributed by atoms with Gasteiger partial charge in [-0.3, -0.25) is 0 Å². The highest BCUT2D eigenvalue weighted by Crippen LogP contribution is 2.21. The van der Waals surface area contributed by atoms with Crippen LogP contribution in [0.4, 0.5) is 5.69 Å². The van der Waals surface area contributed by atoms with Gasteiger partial charge in [0, 0.05) is 24.9 Å². The van der Waals surface area contributed by atoms with E-state index in [4.69, 9.17) is 9.47 Å². The molecule has 1 N–H and O–H groups in total. The van der Waals surface area contributed by atoms with Crippen LogP contribution in [0.2, 0.25) is 0 Å². The van der Waals surface area contributed by atoms with Gasteiger partial charge in [0.1, 0.15) is 5.75 Å². The molecule has 0 fully saturated rings. The molecule has 0 aliphatic carbocycles. The van der Waals surface area contributed by atoms with E-state index in [9.17, 15) is 0 Å². The maximum absolute atomic E-state index is 5.84. The van der Waals surface area contributed by atoms with Gasteiger partial charge in [-0.2, -0.15) is 0 Å². The monoisotopic (exact) mass is 285 g/mol. The first-order valence-electron chi connectivity index (χ1n) is 7.25. The zero-order valence-corrected chi connectivity index (χ0v) is 12.9. The number of anilines is 1. The fraction of sp³-hybridized carbons (Fsp3) is 0.333. The Bertz CT molecular complexity index is 567. The average Bonchev–Trinajstić information content (AvgIpc) is 2.47. The van der Waals surface area contributed by atoms with Crippen molar-refractivity contribution in [3.63, 3.8) is 0 Å². The lowest BCUT2D eigenvalue weighted by Crippen LogP contribution is -2.09. The van der Waals surface area contributed by atoms with Gasteiger partial charge in [0.15, 0.2) is 0 Å². The molecule has 0 saturated heterocycles. The Morgan fingerprint density at radius 2 is 1.86 bits per heavy atom. The third kappa shape index (κ3) is 4.80. The Hall–Kier alpha value is -2.00. The SMILES string of the molecule is COCc1cccc(NCc2ccccc2OC(C)C)c1. The molecule has 0 atom stereocenters. The van der Waals surface area contributed by atoms with Gasteiger partial charge in [-0.15, -0.1) is 0 Å². The number of hydrogen-bond donors (Lipinski definition) is 1. The molecule has 0 aliphatic heterocycles. The number of nitrogens with one attached hydrogen (secondary N) is 1. The van der Waals surface area contributed by atoms with Crippen LogP contribution in [0.15, 0.2) is 48.5 Å². The van der Waals surface area contributed by atoms with Crippen molar-refractivity contribution in [3.05, 3.63) is 59.7 Å². The van der Waals surface area contributed by atoms with E-state index in [0.717, 1.165) is 29.1 Å². The van der Waals surface area contributed by atoms with Gasteiger partial charge in [0.2, 0.25) is 0 Å². The Labute approximate surface area is 126 Å². The second-order valence-corrected chi connectivity index (χ2v) is 5.26. The van der Waals surface area contributed by atoms with Gasteiger partial charge in [-0.05, 0) is 37.6 Å². The summed E-state index contributed by atoms with van der Waals surface area (Å²) in [5.41, 5.74) is 3.40. The standard InChI is InChI=1S/C18H23NO2/c1-14(2)21-18-10-5-4-8-16(18)12-19-17-9-6-7-15(11-17)13-20-3/h4-11,14,19H,12-13H2,1-3H3. The summed E-state index contributed by atoms with van der Waals surface area (Å²) in [6.07, 6.45) is 0.177. The lowest BCUT2D eigenvalue weighted by molar-refractivity contribution is 0.185. The Balaban J connectivity index is 2.04. The minimum Gasteiger partial charge on any atom is -0.491 e. The summed E-state index contributed by atoms with van der Waals surface area (Å²) in [7, 11) is 1.71. The quantitative estimate of drug-likeness (QED) is 0.825. The predicted molar refractivity (Wildman–Crippen MR) is 86.7 cm³/mol. The van der Waals surface area contributed by atoms with Crippen LogP contribution in [-0.4, -0.2) is 13.2 Å². The minimum absolute atomic E-state index is 0.177. The van der Waals surface area contributed by atoms with Crippen molar-refractivity contribution in [2.45, 2.75) is 33.1 Å². The van der Waals surface area contributed by atoms with Crippen LogP contribution in [0.5, 0.6) is 5.75 Å². The van der Waals surface area contributed by atoms with Gasteiger partial charge in [-0.25, -0.2) is 0 Å². The van der Waals surface area contributed by atoms with Crippen LogP contribution >= 0.6 is 0 Å². The van der Waals surface area contributed by atoms with E-state index >= 15 is 0 Å². The molecule has 2 aromatic carbocycles. The molecule has 0 bridgehead atoms. The van der Waals surface area contributed by atoms with Crippen molar-refractivity contribution in [1.82, 2.24) is 0 Å². The van der Waals surface area contributed by atoms with Crippen molar-refractivity contribution in [2.75, 3.05) is 12.4 Å². The Morgan fingerprint density at radius 3 is 2.62 bits per heavy atom. The third-order valence-corrected chi connectivity index (χ3v) is 3.06. The molecule has 3 heteroatoms. The average molecular weight is 285 g/mol. The maximum Gasteiger partial charge on any atom is 0.124 e. The highest BCUT2D eigenvalue weighted by atomic mass is 16.5. The van der Waals surface area contributed by atoms with Crippen molar-refractivity contribution in [1.29, 1.82) is 0 Å². The van der Waals surface area contributed by atoms with Crippen molar-refractivity contribution < 1.29 is 9.47 Å². The second kappa shape index (κ2) is 7.70. The number of para-hydroxylation sites is 1. The molecule has 0 spiro atoms. The van der Waals surface area contributed by atoms with Crippen LogP contribution in [0.3, 0.4) is 0 Å². The molecule has 0 radical (unpaired) electrons. The van der Waals surface area contributed by atoms with Crippen LogP contribution in [0, 0.1) is 0 Å². The van der Waals surface area contributed by atoms with Gasteiger partial charge >= 0.3 is 0 Å². The van der Waals surface area contributed by atoms with Gasteiger partial charge in [0.05, 0.1) is 12.7 Å². The third-order valence-electron chi connectivity index (χ3n) is 3.06. The van der Waals surface area contributed by atoms with Crippen LogP contribution in [0.25, 0.3) is 0 Å². The second-order valence-electron chi connectivity index (χ2n) is 5.26. The zero-order valence-electron chi connectivity index (χ0n) is 12.9. The number of methoxy groups -OCH3 is 1. The van der Waals surface area contributed by atoms with Crippen LogP contribution in [0.1, 0.15) is 25.0 Å². The van der Waals surface area contributed by atoms with Crippen molar-refractivity contribution >= 4 is 5.69 Å². The molecule has 21 heavy (non-hydrogen) atoms. The van der Waals surface area contributed by atoms with E-state index in [2.05, 4.69) is 29.6 Å². The van der Waals surface area contributed by atoms with Crippen LogP contribution < -0.4 is 10.1 Å². The molecule has 2 aromatic rings. The molecule has 0 unspecified atom stereocenters. The summed E-state index contributed by atoms with van der Waals surface area (Å²) < 4.78 is 11.0. The van der Waals surface area contributed by atoms with E-state index in [1.165, 1.54) is 0 Å². The molecule has 0 heterocycles. The number of ether oxygens (including phenoxy) is 2. The molecule has 0 amide bonds. The summed E-state index contributed by atoms with van der Waals surface area (Å²) in [6.45, 7) is 5.44. The summed E-state index contributed by atoms with van der Waals surface area (Å²) >= 11 is 0. The molecule has 0 saturated carbocycles. The Morgan fingerprint density at radius 1 is 1.05 bits per heavy atom. The molecular formula is C18H23NO2. The largest absolute Gasteiger partial charge is 0.491 e. The van der Waals surface area contributed by atoms with E-state index in [1.807, 2.05) is 38.1 Å². The number of hydrogen-bond acceptors (Lipinski definition) is 3. The summed E-state index contributed by atoms with van der Waals surface area (Å²) in [6, 6.07) is 16.4. The van der Waals surface area contributed by atoms with E-state index in [1.54, 1.807) is 7.11 Å². The van der Waals surface area contributed by atoms with Crippen molar-refractivity contribution in [2.24, 2.45) is 0 Å². The number of benzene rings is 2. The molecule has 2 rings (SSSR count). The smallest absolute Gasteiger partial charge is 0.124 e. The highest BCUT2D eigenvalue weighted by Gasteiger charge is 2.05. The van der Waals surface area contributed by atoms with Gasteiger partial charge in [-0.1, -0.05) is 30.3 Å². The molecule has 3 nitrogen and oxygen atoms in total. The molecule has 0 aromatic heterocycles. The minimum atomic E-state index is 0.177. The maximum atomic E-state index is 5.84. The van der Waals surface area contributed by atoms with Crippen molar-refractivity contribution in [3.8, 4) is 5.75 Å². The highest BCUT2D eigenvalue weighted by molar-refractivity contribution is 5.47. The molecule has 112 valence electrons. The normalized spacial score (nSPS) is 10.7. The summed E-state index contributed by atoms with van der Waals surface area (Å²) in [5, 5.41) is 3.44. The fourth-order valence-corrected chi connectivity index (χ4v) is 2.15. The zero-order chi connectivity index (χ0) is 15.1. The summed E-state index contributed by atoms with van der Waals surface area (Å²) in [4.78, 5) is 0. The lowest BCUT2D eigenvalue weighted by Gasteiger charge is -2.15. The molecular weight excluding hydrogens is 262 g/mol. The van der Waals surface area contributed by atoms with E-state index in [0.29, 0.717) is 6.61 Å². The Kier molecular flexibility index (Phi) is 5.64. The fourth-order valence-electron chi connectivity index (χ4n) is 2.15. The first-order chi connectivity index (χ1) is 10.2. The van der Waals surface area contributed by atoms with E-state index < -0.39 is 0 Å². The topological polar surface area (TPSA) is 30.5 Å². The molecule has 0 aliphatic rings. The summed E-state index contributed by atoms with van der Waals surface area (Å²) in [5.74, 6) is 0.938. The first-order valence-corrected chi connectivity index (χ1v) is 7.25. The lowest BCUT2D eigenvalue weighted by atomic mass is 10.1. The van der Waals surface area contributed by atoms with Gasteiger partial charge in [0.25, 0.3) is 0 Å². The number of rotatable bonds is 7. The van der Waals surface area contributed by atoms with E-state index in [-0.39, 0.29) is 6.10 Å². The first kappa shape index (κ1) is 15.4.